The van der Waals surface area contributed by atoms with Gasteiger partial charge in [-0.3, -0.25) is 9.59 Å². The Morgan fingerprint density at radius 3 is 2.04 bits per heavy atom. The van der Waals surface area contributed by atoms with Gasteiger partial charge in [0.1, 0.15) is 0 Å². The minimum absolute atomic E-state index is 0. The molecule has 1 aromatic carbocycles. The van der Waals surface area contributed by atoms with Gasteiger partial charge in [0.15, 0.2) is 0 Å². The monoisotopic (exact) mass is 365 g/mol. The van der Waals surface area contributed by atoms with Crippen molar-refractivity contribution in [3.63, 3.8) is 0 Å². The third kappa shape index (κ3) is 4.73. The summed E-state index contributed by atoms with van der Waals surface area (Å²) in [6, 6.07) is 7.17. The molecule has 0 atom stereocenters. The molecule has 25 heavy (non-hydrogen) atoms. The third-order valence-corrected chi connectivity index (χ3v) is 5.23. The lowest BCUT2D eigenvalue weighted by Crippen LogP contribution is -2.48. The number of nitrogens with zero attached hydrogens (tertiary/aromatic N) is 1. The number of hydrogen-bond acceptors (Lipinski definition) is 3. The Morgan fingerprint density at radius 2 is 1.48 bits per heavy atom. The first-order valence-corrected chi connectivity index (χ1v) is 9.08. The molecule has 1 saturated carbocycles. The fourth-order valence-electron chi connectivity index (χ4n) is 3.64. The van der Waals surface area contributed by atoms with E-state index in [9.17, 15) is 9.59 Å². The Labute approximate surface area is 155 Å². The zero-order valence-electron chi connectivity index (χ0n) is 14.6. The minimum Gasteiger partial charge on any atom is -0.339 e. The lowest BCUT2D eigenvalue weighted by atomic mass is 9.98. The van der Waals surface area contributed by atoms with Gasteiger partial charge in [0.2, 0.25) is 5.91 Å². The predicted molar refractivity (Wildman–Crippen MR) is 102 cm³/mol. The molecule has 1 aliphatic heterocycles. The van der Waals surface area contributed by atoms with Crippen LogP contribution in [0.25, 0.3) is 0 Å². The third-order valence-electron chi connectivity index (χ3n) is 5.23. The molecule has 6 heteroatoms. The summed E-state index contributed by atoms with van der Waals surface area (Å²) in [6.45, 7) is 1.68. The van der Waals surface area contributed by atoms with Crippen LogP contribution in [0.3, 0.4) is 0 Å². The number of rotatable bonds is 3. The fraction of sp³-hybridized carbons (Fsp3) is 0.579. The van der Waals surface area contributed by atoms with E-state index in [1.54, 1.807) is 24.3 Å². The maximum absolute atomic E-state index is 12.6. The molecule has 2 amide bonds. The Hall–Kier alpha value is -1.59. The van der Waals surface area contributed by atoms with Crippen molar-refractivity contribution in [2.24, 2.45) is 5.73 Å². The molecule has 1 saturated heterocycles. The predicted octanol–water partition coefficient (Wildman–Crippen LogP) is 3.33. The van der Waals surface area contributed by atoms with E-state index in [1.165, 1.54) is 12.8 Å². The first-order valence-electron chi connectivity index (χ1n) is 9.08. The highest BCUT2D eigenvalue weighted by Crippen LogP contribution is 2.28. The van der Waals surface area contributed by atoms with E-state index in [1.807, 2.05) is 4.90 Å². The minimum atomic E-state index is -0.736. The topological polar surface area (TPSA) is 75.4 Å². The molecule has 5 nitrogen and oxygen atoms in total. The molecule has 2 aliphatic rings. The number of amides is 2. The van der Waals surface area contributed by atoms with Crippen molar-refractivity contribution in [2.75, 3.05) is 18.4 Å². The number of carbonyl (C=O) groups is 2. The summed E-state index contributed by atoms with van der Waals surface area (Å²) >= 11 is 0. The molecule has 138 valence electrons. The first-order chi connectivity index (χ1) is 11.6. The van der Waals surface area contributed by atoms with Crippen LogP contribution in [-0.2, 0) is 4.79 Å². The maximum atomic E-state index is 12.6. The van der Waals surface area contributed by atoms with Crippen molar-refractivity contribution < 1.29 is 9.59 Å². The van der Waals surface area contributed by atoms with Gasteiger partial charge in [0.05, 0.1) is 5.54 Å². The second-order valence-corrected chi connectivity index (χ2v) is 7.10. The summed E-state index contributed by atoms with van der Waals surface area (Å²) in [5, 5.41) is 2.89. The number of hydrogen-bond donors (Lipinski definition) is 2. The molecule has 2 fully saturated rings. The average Bonchev–Trinajstić information content (AvgIpc) is 2.87. The molecule has 0 aromatic heterocycles. The van der Waals surface area contributed by atoms with E-state index < -0.39 is 5.54 Å². The van der Waals surface area contributed by atoms with Crippen LogP contribution in [0.5, 0.6) is 0 Å². The van der Waals surface area contributed by atoms with Crippen molar-refractivity contribution in [1.29, 1.82) is 0 Å². The van der Waals surface area contributed by atoms with Gasteiger partial charge < -0.3 is 16.0 Å². The van der Waals surface area contributed by atoms with Crippen LogP contribution in [0, 0.1) is 0 Å². The molecular formula is C19H28ClN3O2. The summed E-state index contributed by atoms with van der Waals surface area (Å²) < 4.78 is 0. The summed E-state index contributed by atoms with van der Waals surface area (Å²) in [5.74, 6) is -0.0348. The number of halogens is 1. The van der Waals surface area contributed by atoms with Crippen molar-refractivity contribution in [3.8, 4) is 0 Å². The van der Waals surface area contributed by atoms with Crippen LogP contribution >= 0.6 is 12.4 Å². The number of anilines is 1. The maximum Gasteiger partial charge on any atom is 0.253 e. The van der Waals surface area contributed by atoms with Crippen molar-refractivity contribution >= 4 is 29.9 Å². The molecule has 1 aromatic rings. The summed E-state index contributed by atoms with van der Waals surface area (Å²) in [4.78, 5) is 26.8. The van der Waals surface area contributed by atoms with Gasteiger partial charge in [-0.25, -0.2) is 0 Å². The lowest BCUT2D eigenvalue weighted by molar-refractivity contribution is -0.121. The van der Waals surface area contributed by atoms with Crippen molar-refractivity contribution in [3.05, 3.63) is 29.8 Å². The number of nitrogens with one attached hydrogen (secondary N) is 1. The smallest absolute Gasteiger partial charge is 0.253 e. The SMILES string of the molecule is Cl.NC1(C(=O)Nc2ccc(C(=O)N3CCCCCC3)cc2)CCCC1. The highest BCUT2D eigenvalue weighted by atomic mass is 35.5. The Kier molecular flexibility index (Phi) is 6.85. The standard InChI is InChI=1S/C19H27N3O2.ClH/c20-19(11-3-4-12-19)18(24)21-16-9-7-15(8-10-16)17(23)22-13-5-1-2-6-14-22;/h7-10H,1-6,11-14,20H2,(H,21,24);1H. The molecule has 0 unspecified atom stereocenters. The van der Waals surface area contributed by atoms with E-state index in [-0.39, 0.29) is 24.2 Å². The van der Waals surface area contributed by atoms with Crippen LogP contribution in [0.4, 0.5) is 5.69 Å². The van der Waals surface area contributed by atoms with E-state index in [0.717, 1.165) is 51.6 Å². The highest BCUT2D eigenvalue weighted by Gasteiger charge is 2.36. The number of likely N-dealkylation sites (tertiary alicyclic amines) is 1. The molecule has 0 spiro atoms. The van der Waals surface area contributed by atoms with Crippen LogP contribution in [0.2, 0.25) is 0 Å². The van der Waals surface area contributed by atoms with Crippen LogP contribution in [0.15, 0.2) is 24.3 Å². The second kappa shape index (κ2) is 8.68. The Bertz CT molecular complexity index is 589. The Morgan fingerprint density at radius 1 is 0.920 bits per heavy atom. The quantitative estimate of drug-likeness (QED) is 0.862. The lowest BCUT2D eigenvalue weighted by Gasteiger charge is -2.22. The van der Waals surface area contributed by atoms with E-state index in [4.69, 9.17) is 5.73 Å². The largest absolute Gasteiger partial charge is 0.339 e. The van der Waals surface area contributed by atoms with Gasteiger partial charge >= 0.3 is 0 Å². The van der Waals surface area contributed by atoms with Gasteiger partial charge in [-0.15, -0.1) is 12.4 Å². The van der Waals surface area contributed by atoms with Gasteiger partial charge in [-0.05, 0) is 49.9 Å². The van der Waals surface area contributed by atoms with Gasteiger partial charge in [0.25, 0.3) is 5.91 Å². The zero-order valence-corrected chi connectivity index (χ0v) is 15.4. The van der Waals surface area contributed by atoms with E-state index >= 15 is 0 Å². The molecule has 3 rings (SSSR count). The molecular weight excluding hydrogens is 338 g/mol. The first kappa shape index (κ1) is 19.7. The van der Waals surface area contributed by atoms with Gasteiger partial charge in [-0.2, -0.15) is 0 Å². The molecule has 0 bridgehead atoms. The molecule has 1 aliphatic carbocycles. The normalized spacial score (nSPS) is 19.6. The van der Waals surface area contributed by atoms with E-state index in [2.05, 4.69) is 5.32 Å². The van der Waals surface area contributed by atoms with Crippen LogP contribution < -0.4 is 11.1 Å². The second-order valence-electron chi connectivity index (χ2n) is 7.10. The molecule has 3 N–H and O–H groups in total. The highest BCUT2D eigenvalue weighted by molar-refractivity contribution is 5.99. The van der Waals surface area contributed by atoms with Gasteiger partial charge in [0, 0.05) is 24.3 Å². The van der Waals surface area contributed by atoms with Gasteiger partial charge in [-0.1, -0.05) is 25.7 Å². The van der Waals surface area contributed by atoms with Crippen LogP contribution in [0.1, 0.15) is 61.7 Å². The summed E-state index contributed by atoms with van der Waals surface area (Å²) in [5.41, 5.74) is 6.81. The summed E-state index contributed by atoms with van der Waals surface area (Å²) in [7, 11) is 0. The summed E-state index contributed by atoms with van der Waals surface area (Å²) in [6.07, 6.45) is 8.07. The number of carbonyl (C=O) groups excluding carboxylic acids is 2. The molecule has 0 radical (unpaired) electrons. The number of nitrogens with two attached hydrogens (primary N) is 1. The zero-order chi connectivity index (χ0) is 17.0. The molecule has 1 heterocycles. The fourth-order valence-corrected chi connectivity index (χ4v) is 3.64. The Balaban J connectivity index is 0.00000225. The average molecular weight is 366 g/mol. The number of benzene rings is 1. The van der Waals surface area contributed by atoms with Crippen molar-refractivity contribution in [2.45, 2.75) is 56.9 Å². The van der Waals surface area contributed by atoms with Crippen molar-refractivity contribution in [1.82, 2.24) is 4.90 Å². The van der Waals surface area contributed by atoms with Crippen LogP contribution in [-0.4, -0.2) is 35.3 Å². The van der Waals surface area contributed by atoms with E-state index in [0.29, 0.717) is 11.3 Å².